The Labute approximate surface area is 158 Å². The predicted molar refractivity (Wildman–Crippen MR) is 97.8 cm³/mol. The van der Waals surface area contributed by atoms with E-state index in [-0.39, 0.29) is 23.8 Å². The van der Waals surface area contributed by atoms with Gasteiger partial charge in [-0.05, 0) is 34.1 Å². The van der Waals surface area contributed by atoms with Crippen LogP contribution in [0.15, 0.2) is 50.4 Å². The van der Waals surface area contributed by atoms with E-state index in [1.807, 2.05) is 0 Å². The van der Waals surface area contributed by atoms with Crippen LogP contribution in [0.5, 0.6) is 11.5 Å². The van der Waals surface area contributed by atoms with Gasteiger partial charge in [-0.3, -0.25) is 14.9 Å². The van der Waals surface area contributed by atoms with Crippen molar-refractivity contribution in [1.82, 2.24) is 5.43 Å². The molecule has 0 spiro atoms. The van der Waals surface area contributed by atoms with Crippen LogP contribution in [-0.4, -0.2) is 28.8 Å². The third-order valence-corrected chi connectivity index (χ3v) is 3.91. The summed E-state index contributed by atoms with van der Waals surface area (Å²) in [5.41, 5.74) is 2.49. The molecular weight excluding hydrogens is 462 g/mol. The van der Waals surface area contributed by atoms with Crippen molar-refractivity contribution >= 4 is 49.7 Å². The van der Waals surface area contributed by atoms with E-state index in [4.69, 9.17) is 4.74 Å². The van der Waals surface area contributed by atoms with Gasteiger partial charge in [0, 0.05) is 16.1 Å². The third kappa shape index (κ3) is 5.54. The second-order valence-corrected chi connectivity index (χ2v) is 6.43. The van der Waals surface area contributed by atoms with Gasteiger partial charge in [0.25, 0.3) is 11.6 Å². The number of amides is 1. The van der Waals surface area contributed by atoms with Crippen LogP contribution in [0.4, 0.5) is 5.69 Å². The number of carbonyl (C=O) groups is 1. The number of nitrogens with one attached hydrogen (secondary N) is 1. The number of hydrogen-bond donors (Lipinski definition) is 2. The number of phenolic OH excluding ortho intramolecular Hbond substituents is 1. The number of rotatable bonds is 6. The summed E-state index contributed by atoms with van der Waals surface area (Å²) in [6.45, 7) is -0.368. The van der Waals surface area contributed by atoms with Gasteiger partial charge in [-0.15, -0.1) is 0 Å². The average Bonchev–Trinajstić information content (AvgIpc) is 2.57. The topological polar surface area (TPSA) is 114 Å². The first-order valence-electron chi connectivity index (χ1n) is 6.74. The van der Waals surface area contributed by atoms with E-state index in [2.05, 4.69) is 42.4 Å². The number of phenols is 1. The lowest BCUT2D eigenvalue weighted by atomic mass is 10.2. The van der Waals surface area contributed by atoms with E-state index in [9.17, 15) is 20.0 Å². The van der Waals surface area contributed by atoms with Crippen molar-refractivity contribution < 1.29 is 19.6 Å². The molecule has 0 fully saturated rings. The Morgan fingerprint density at radius 2 is 2.12 bits per heavy atom. The van der Waals surface area contributed by atoms with E-state index in [0.29, 0.717) is 10.0 Å². The highest BCUT2D eigenvalue weighted by molar-refractivity contribution is 9.11. The zero-order valence-corrected chi connectivity index (χ0v) is 15.7. The molecule has 10 heteroatoms. The summed E-state index contributed by atoms with van der Waals surface area (Å²) in [4.78, 5) is 21.8. The summed E-state index contributed by atoms with van der Waals surface area (Å²) in [5.74, 6) is -0.382. The maximum absolute atomic E-state index is 11.7. The van der Waals surface area contributed by atoms with Crippen molar-refractivity contribution in [3.8, 4) is 11.5 Å². The monoisotopic (exact) mass is 471 g/mol. The zero-order chi connectivity index (χ0) is 18.4. The number of nitro groups is 1. The Morgan fingerprint density at radius 1 is 1.36 bits per heavy atom. The van der Waals surface area contributed by atoms with Crippen molar-refractivity contribution in [2.45, 2.75) is 0 Å². The molecule has 0 aromatic heterocycles. The number of hydrazone groups is 1. The van der Waals surface area contributed by atoms with Crippen molar-refractivity contribution in [2.24, 2.45) is 5.10 Å². The fourth-order valence-electron chi connectivity index (χ4n) is 1.73. The highest BCUT2D eigenvalue weighted by Crippen LogP contribution is 2.30. The first-order chi connectivity index (χ1) is 11.9. The number of nitro benzene ring substituents is 1. The molecule has 0 heterocycles. The quantitative estimate of drug-likeness (QED) is 0.380. The van der Waals surface area contributed by atoms with E-state index in [1.54, 1.807) is 12.1 Å². The number of aromatic hydroxyl groups is 1. The number of ether oxygens (including phenoxy) is 1. The van der Waals surface area contributed by atoms with Crippen molar-refractivity contribution in [1.29, 1.82) is 0 Å². The lowest BCUT2D eigenvalue weighted by molar-refractivity contribution is -0.384. The molecule has 2 aromatic rings. The zero-order valence-electron chi connectivity index (χ0n) is 12.5. The van der Waals surface area contributed by atoms with Gasteiger partial charge in [-0.2, -0.15) is 5.10 Å². The molecule has 0 saturated heterocycles. The van der Waals surface area contributed by atoms with Crippen LogP contribution < -0.4 is 10.2 Å². The fourth-order valence-corrected chi connectivity index (χ4v) is 2.98. The minimum absolute atomic E-state index is 0.0194. The molecule has 25 heavy (non-hydrogen) atoms. The molecule has 130 valence electrons. The molecule has 0 unspecified atom stereocenters. The summed E-state index contributed by atoms with van der Waals surface area (Å²) in [5, 5.41) is 24.3. The Bertz CT molecular complexity index is 842. The number of hydrogen-bond acceptors (Lipinski definition) is 6. The standard InChI is InChI=1S/C15H11Br2N3O5/c16-10-4-9(15(22)13(17)5-10)7-18-19-14(21)8-25-12-3-1-2-11(6-12)20(23)24/h1-7,22H,8H2,(H,19,21)/b18-7+. The molecule has 0 aliphatic carbocycles. The fraction of sp³-hybridized carbons (Fsp3) is 0.0667. The minimum atomic E-state index is -0.559. The number of carbonyl (C=O) groups excluding carboxylic acids is 1. The van der Waals surface area contributed by atoms with Crippen LogP contribution >= 0.6 is 31.9 Å². The van der Waals surface area contributed by atoms with Gasteiger partial charge in [0.15, 0.2) is 6.61 Å². The van der Waals surface area contributed by atoms with Gasteiger partial charge in [0.05, 0.1) is 21.7 Å². The lowest BCUT2D eigenvalue weighted by Gasteiger charge is -2.05. The molecule has 2 rings (SSSR count). The van der Waals surface area contributed by atoms with Crippen LogP contribution in [0, 0.1) is 10.1 Å². The summed E-state index contributed by atoms with van der Waals surface area (Å²) < 4.78 is 6.37. The van der Waals surface area contributed by atoms with Gasteiger partial charge in [0.2, 0.25) is 0 Å². The van der Waals surface area contributed by atoms with Gasteiger partial charge in [0.1, 0.15) is 11.5 Å². The van der Waals surface area contributed by atoms with Crippen molar-refractivity contribution in [3.05, 3.63) is 61.0 Å². The van der Waals surface area contributed by atoms with E-state index >= 15 is 0 Å². The molecule has 0 aliphatic rings. The predicted octanol–water partition coefficient (Wildman–Crippen LogP) is 3.35. The Morgan fingerprint density at radius 3 is 2.84 bits per heavy atom. The van der Waals surface area contributed by atoms with Crippen LogP contribution in [0.25, 0.3) is 0 Å². The van der Waals surface area contributed by atoms with Gasteiger partial charge in [-0.1, -0.05) is 22.0 Å². The number of non-ortho nitro benzene ring substituents is 1. The normalized spacial score (nSPS) is 10.6. The molecule has 2 aromatic carbocycles. The van der Waals surface area contributed by atoms with Crippen LogP contribution in [-0.2, 0) is 4.79 Å². The van der Waals surface area contributed by atoms with Crippen LogP contribution in [0.2, 0.25) is 0 Å². The summed E-state index contributed by atoms with van der Waals surface area (Å²) in [7, 11) is 0. The number of benzene rings is 2. The minimum Gasteiger partial charge on any atom is -0.506 e. The average molecular weight is 473 g/mol. The molecule has 8 nitrogen and oxygen atoms in total. The summed E-state index contributed by atoms with van der Waals surface area (Å²) >= 11 is 6.46. The van der Waals surface area contributed by atoms with Crippen molar-refractivity contribution in [2.75, 3.05) is 6.61 Å². The highest BCUT2D eigenvalue weighted by atomic mass is 79.9. The second-order valence-electron chi connectivity index (χ2n) is 4.66. The Kier molecular flexibility index (Phi) is 6.48. The third-order valence-electron chi connectivity index (χ3n) is 2.85. The van der Waals surface area contributed by atoms with Crippen LogP contribution in [0.1, 0.15) is 5.56 Å². The maximum atomic E-state index is 11.7. The molecule has 1 amide bonds. The first-order valence-corrected chi connectivity index (χ1v) is 8.32. The smallest absolute Gasteiger partial charge is 0.277 e. The van der Waals surface area contributed by atoms with E-state index in [0.717, 1.165) is 4.47 Å². The van der Waals surface area contributed by atoms with Crippen LogP contribution in [0.3, 0.4) is 0 Å². The molecular formula is C15H11Br2N3O5. The van der Waals surface area contributed by atoms with Crippen molar-refractivity contribution in [3.63, 3.8) is 0 Å². The molecule has 0 radical (unpaired) electrons. The number of halogens is 2. The molecule has 0 bridgehead atoms. The lowest BCUT2D eigenvalue weighted by Crippen LogP contribution is -2.24. The Balaban J connectivity index is 1.91. The van der Waals surface area contributed by atoms with E-state index in [1.165, 1.54) is 30.5 Å². The Hall–Kier alpha value is -2.46. The SMILES string of the molecule is O=C(COc1cccc([N+](=O)[O-])c1)N/N=C/c1cc(Br)cc(Br)c1O. The number of nitrogens with zero attached hydrogens (tertiary/aromatic N) is 2. The second kappa shape index (κ2) is 8.58. The maximum Gasteiger partial charge on any atom is 0.277 e. The largest absolute Gasteiger partial charge is 0.506 e. The molecule has 2 N–H and O–H groups in total. The summed E-state index contributed by atoms with van der Waals surface area (Å²) in [6.07, 6.45) is 1.27. The first kappa shape index (κ1) is 18.9. The van der Waals surface area contributed by atoms with Gasteiger partial charge < -0.3 is 9.84 Å². The van der Waals surface area contributed by atoms with Gasteiger partial charge in [-0.25, -0.2) is 5.43 Å². The van der Waals surface area contributed by atoms with Gasteiger partial charge >= 0.3 is 0 Å². The molecule has 0 atom stereocenters. The molecule has 0 aliphatic heterocycles. The summed E-state index contributed by atoms with van der Waals surface area (Å²) in [6, 6.07) is 8.78. The van der Waals surface area contributed by atoms with E-state index < -0.39 is 10.8 Å². The molecule has 0 saturated carbocycles. The highest BCUT2D eigenvalue weighted by Gasteiger charge is 2.08.